The highest BCUT2D eigenvalue weighted by Gasteiger charge is 2.56. The van der Waals surface area contributed by atoms with Crippen LogP contribution in [0.3, 0.4) is 0 Å². The Morgan fingerprint density at radius 2 is 1.76 bits per heavy atom. The van der Waals surface area contributed by atoms with Gasteiger partial charge in [0, 0.05) is 17.3 Å². The zero-order chi connectivity index (χ0) is 29.4. The summed E-state index contributed by atoms with van der Waals surface area (Å²) in [6, 6.07) is 22.4. The van der Waals surface area contributed by atoms with E-state index in [0.717, 1.165) is 36.2 Å². The molecule has 216 valence electrons. The molecule has 42 heavy (non-hydrogen) atoms. The molecule has 0 saturated carbocycles. The highest BCUT2D eigenvalue weighted by molar-refractivity contribution is 6.32. The number of fused-ring (bicyclic) bond motifs is 3. The molecule has 0 spiro atoms. The van der Waals surface area contributed by atoms with E-state index in [0.29, 0.717) is 23.7 Å². The van der Waals surface area contributed by atoms with Crippen LogP contribution < -0.4 is 10.2 Å². The van der Waals surface area contributed by atoms with E-state index in [9.17, 15) is 14.7 Å². The maximum absolute atomic E-state index is 13.8. The number of halogens is 1. The van der Waals surface area contributed by atoms with E-state index in [1.165, 1.54) is 21.6 Å². The normalized spacial score (nSPS) is 23.8. The molecule has 2 heterocycles. The van der Waals surface area contributed by atoms with Crippen LogP contribution in [-0.2, 0) is 14.3 Å². The number of carbonyl (C=O) groups is 2. The van der Waals surface area contributed by atoms with E-state index >= 15 is 0 Å². The largest absolute Gasteiger partial charge is 0.508 e. The van der Waals surface area contributed by atoms with E-state index in [4.69, 9.17) is 16.3 Å². The standard InChI is InChI=1S/C35H35ClN2O4/c1-3-22(18-23-10-15-27(39)19-30(23)36)9-16-31-32-21(2)17-28-33(29(32)20-42-31)35(41)38(34(28)40)26-13-11-25(12-14-26)37-24-7-5-4-6-8-24/h4-8,10-15,18-19,28-29,31,33,37,39H,3,9,16-17,20H2,1-2H3/b22-18+/t28-,29+,31-,33-/m1/s1. The molecule has 6 nitrogen and oxygen atoms in total. The molecule has 3 aromatic carbocycles. The van der Waals surface area contributed by atoms with Gasteiger partial charge in [-0.1, -0.05) is 53.9 Å². The van der Waals surface area contributed by atoms with Gasteiger partial charge in [-0.25, -0.2) is 0 Å². The molecule has 2 fully saturated rings. The lowest BCUT2D eigenvalue weighted by molar-refractivity contribution is -0.122. The van der Waals surface area contributed by atoms with E-state index in [1.54, 1.807) is 12.1 Å². The summed E-state index contributed by atoms with van der Waals surface area (Å²) in [5.74, 6) is -0.899. The molecule has 2 N–H and O–H groups in total. The van der Waals surface area contributed by atoms with Crippen molar-refractivity contribution in [3.63, 3.8) is 0 Å². The Bertz CT molecular complexity index is 1560. The summed E-state index contributed by atoms with van der Waals surface area (Å²) >= 11 is 6.34. The zero-order valence-corrected chi connectivity index (χ0v) is 24.6. The van der Waals surface area contributed by atoms with Crippen LogP contribution in [0.2, 0.25) is 5.02 Å². The Labute approximate surface area is 251 Å². The summed E-state index contributed by atoms with van der Waals surface area (Å²) < 4.78 is 6.33. The Balaban J connectivity index is 1.16. The summed E-state index contributed by atoms with van der Waals surface area (Å²) in [6.07, 6.45) is 5.11. The number of nitrogens with zero attached hydrogens (tertiary/aromatic N) is 1. The van der Waals surface area contributed by atoms with Crippen molar-refractivity contribution in [2.45, 2.75) is 45.6 Å². The summed E-state index contributed by atoms with van der Waals surface area (Å²) in [5.41, 5.74) is 6.98. The SMILES string of the molecule is CC/C(=C\c1ccc(O)cc1Cl)CC[C@H]1OC[C@H]2C1=C(C)C[C@H]1C(=O)N(c3ccc(Nc4ccccc4)cc3)C(=O)[C@H]12. The predicted molar refractivity (Wildman–Crippen MR) is 167 cm³/mol. The molecular weight excluding hydrogens is 548 g/mol. The average molecular weight is 583 g/mol. The summed E-state index contributed by atoms with van der Waals surface area (Å²) in [4.78, 5) is 28.8. The van der Waals surface area contributed by atoms with Gasteiger partial charge in [-0.15, -0.1) is 0 Å². The van der Waals surface area contributed by atoms with Gasteiger partial charge in [0.05, 0.1) is 35.3 Å². The highest BCUT2D eigenvalue weighted by Crippen LogP contribution is 2.50. The lowest BCUT2D eigenvalue weighted by atomic mass is 9.70. The maximum Gasteiger partial charge on any atom is 0.238 e. The smallest absolute Gasteiger partial charge is 0.238 e. The monoisotopic (exact) mass is 582 g/mol. The quantitative estimate of drug-likeness (QED) is 0.208. The van der Waals surface area contributed by atoms with Gasteiger partial charge in [-0.2, -0.15) is 0 Å². The first kappa shape index (κ1) is 28.3. The fourth-order valence-corrected chi connectivity index (χ4v) is 7.02. The number of anilines is 3. The van der Waals surface area contributed by atoms with E-state index in [-0.39, 0.29) is 41.4 Å². The predicted octanol–water partition coefficient (Wildman–Crippen LogP) is 7.90. The fraction of sp³-hybridized carbons (Fsp3) is 0.314. The number of nitrogens with one attached hydrogen (secondary N) is 1. The molecule has 6 rings (SSSR count). The number of para-hydroxylation sites is 1. The molecule has 0 unspecified atom stereocenters. The van der Waals surface area contributed by atoms with Crippen LogP contribution in [0, 0.1) is 17.8 Å². The van der Waals surface area contributed by atoms with Gasteiger partial charge in [0.1, 0.15) is 5.75 Å². The molecule has 0 aromatic heterocycles. The van der Waals surface area contributed by atoms with Crippen LogP contribution >= 0.6 is 11.6 Å². The van der Waals surface area contributed by atoms with Crippen molar-refractivity contribution < 1.29 is 19.4 Å². The molecule has 2 saturated heterocycles. The average Bonchev–Trinajstić information content (AvgIpc) is 3.52. The Morgan fingerprint density at radius 1 is 1.02 bits per heavy atom. The Morgan fingerprint density at radius 3 is 2.48 bits per heavy atom. The van der Waals surface area contributed by atoms with Crippen molar-refractivity contribution in [1.82, 2.24) is 0 Å². The summed E-state index contributed by atoms with van der Waals surface area (Å²) in [6.45, 7) is 4.67. The first-order chi connectivity index (χ1) is 20.3. The number of phenolic OH excluding ortho intramolecular Hbond substituents is 1. The molecule has 0 bridgehead atoms. The number of hydrogen-bond acceptors (Lipinski definition) is 5. The van der Waals surface area contributed by atoms with Crippen molar-refractivity contribution in [2.75, 3.05) is 16.8 Å². The minimum Gasteiger partial charge on any atom is -0.508 e. The lowest BCUT2D eigenvalue weighted by Crippen LogP contribution is -2.34. The van der Waals surface area contributed by atoms with Crippen LogP contribution in [0.1, 0.15) is 45.1 Å². The molecule has 3 aromatic rings. The van der Waals surface area contributed by atoms with E-state index < -0.39 is 0 Å². The number of aromatic hydroxyl groups is 1. The van der Waals surface area contributed by atoms with Crippen molar-refractivity contribution in [1.29, 1.82) is 0 Å². The van der Waals surface area contributed by atoms with Crippen molar-refractivity contribution in [2.24, 2.45) is 17.8 Å². The third kappa shape index (κ3) is 5.37. The molecule has 1 aliphatic carbocycles. The third-order valence-corrected chi connectivity index (χ3v) is 9.19. The number of ether oxygens (including phenoxy) is 1. The first-order valence-corrected chi connectivity index (χ1v) is 15.0. The summed E-state index contributed by atoms with van der Waals surface area (Å²) in [5, 5.41) is 13.5. The number of hydrogen-bond donors (Lipinski definition) is 2. The number of phenols is 1. The second kappa shape index (κ2) is 11.8. The minimum absolute atomic E-state index is 0.0681. The topological polar surface area (TPSA) is 78.9 Å². The molecule has 2 aliphatic heterocycles. The number of amides is 2. The van der Waals surface area contributed by atoms with Gasteiger partial charge in [0.2, 0.25) is 11.8 Å². The van der Waals surface area contributed by atoms with Gasteiger partial charge in [0.25, 0.3) is 0 Å². The molecular formula is C35H35ClN2O4. The number of benzene rings is 3. The van der Waals surface area contributed by atoms with Crippen LogP contribution in [0.15, 0.2) is 89.5 Å². The maximum atomic E-state index is 13.8. The molecule has 2 amide bonds. The zero-order valence-electron chi connectivity index (χ0n) is 23.8. The van der Waals surface area contributed by atoms with Crippen LogP contribution in [0.5, 0.6) is 5.75 Å². The highest BCUT2D eigenvalue weighted by atomic mass is 35.5. The minimum atomic E-state index is -0.389. The van der Waals surface area contributed by atoms with Crippen LogP contribution in [0.4, 0.5) is 17.1 Å². The van der Waals surface area contributed by atoms with E-state index in [2.05, 4.69) is 25.2 Å². The second-order valence-electron chi connectivity index (χ2n) is 11.5. The third-order valence-electron chi connectivity index (χ3n) is 8.87. The van der Waals surface area contributed by atoms with Crippen LogP contribution in [-0.4, -0.2) is 29.6 Å². The van der Waals surface area contributed by atoms with E-state index in [1.807, 2.05) is 60.7 Å². The van der Waals surface area contributed by atoms with Gasteiger partial charge in [0.15, 0.2) is 0 Å². The Hall–Kier alpha value is -3.87. The molecule has 7 heteroatoms. The van der Waals surface area contributed by atoms with Gasteiger partial charge in [-0.05, 0) is 98.3 Å². The number of imide groups is 1. The number of rotatable bonds is 8. The first-order valence-electron chi connectivity index (χ1n) is 14.6. The van der Waals surface area contributed by atoms with Crippen molar-refractivity contribution in [3.05, 3.63) is 100 Å². The lowest BCUT2D eigenvalue weighted by Gasteiger charge is -2.30. The fourth-order valence-electron chi connectivity index (χ4n) is 6.79. The summed E-state index contributed by atoms with van der Waals surface area (Å²) in [7, 11) is 0. The molecule has 0 radical (unpaired) electrons. The van der Waals surface area contributed by atoms with Crippen molar-refractivity contribution in [3.8, 4) is 5.75 Å². The Kier molecular flexibility index (Phi) is 7.93. The van der Waals surface area contributed by atoms with Crippen LogP contribution in [0.25, 0.3) is 6.08 Å². The van der Waals surface area contributed by atoms with Gasteiger partial charge in [-0.3, -0.25) is 14.5 Å². The molecule has 3 aliphatic rings. The number of carbonyl (C=O) groups excluding carboxylic acids is 2. The molecule has 4 atom stereocenters. The second-order valence-corrected chi connectivity index (χ2v) is 11.9. The van der Waals surface area contributed by atoms with Gasteiger partial charge >= 0.3 is 0 Å². The van der Waals surface area contributed by atoms with Crippen molar-refractivity contribution >= 4 is 46.6 Å². The number of allylic oxidation sites excluding steroid dienone is 2. The van der Waals surface area contributed by atoms with Gasteiger partial charge < -0.3 is 15.2 Å².